The van der Waals surface area contributed by atoms with Gasteiger partial charge in [0, 0.05) is 5.02 Å². The third-order valence-corrected chi connectivity index (χ3v) is 2.62. The van der Waals surface area contributed by atoms with Crippen molar-refractivity contribution in [2.45, 2.75) is 12.3 Å². The van der Waals surface area contributed by atoms with Gasteiger partial charge in [-0.3, -0.25) is 4.79 Å². The highest BCUT2D eigenvalue weighted by Gasteiger charge is 2.44. The SMILES string of the molecule is O=C(O)[C@H]1CC1c1cccc(Cl)c1. The van der Waals surface area contributed by atoms with Gasteiger partial charge in [-0.25, -0.2) is 0 Å². The molecule has 1 aliphatic rings. The predicted molar refractivity (Wildman–Crippen MR) is 49.9 cm³/mol. The van der Waals surface area contributed by atoms with E-state index in [9.17, 15) is 4.79 Å². The smallest absolute Gasteiger partial charge is 0.307 e. The number of benzene rings is 1. The maximum atomic E-state index is 10.6. The molecule has 0 saturated heterocycles. The summed E-state index contributed by atoms with van der Waals surface area (Å²) in [7, 11) is 0. The summed E-state index contributed by atoms with van der Waals surface area (Å²) in [5.74, 6) is -0.723. The monoisotopic (exact) mass is 196 g/mol. The van der Waals surface area contributed by atoms with Crippen LogP contribution in [0.25, 0.3) is 0 Å². The zero-order valence-electron chi connectivity index (χ0n) is 6.90. The average molecular weight is 197 g/mol. The molecule has 0 aliphatic heterocycles. The number of carbonyl (C=O) groups is 1. The summed E-state index contributed by atoms with van der Waals surface area (Å²) in [6, 6.07) is 7.42. The zero-order valence-corrected chi connectivity index (χ0v) is 7.66. The van der Waals surface area contributed by atoms with Crippen LogP contribution in [0.15, 0.2) is 24.3 Å². The highest BCUT2D eigenvalue weighted by Crippen LogP contribution is 2.47. The third-order valence-electron chi connectivity index (χ3n) is 2.38. The highest BCUT2D eigenvalue weighted by atomic mass is 35.5. The van der Waals surface area contributed by atoms with Crippen LogP contribution in [0.5, 0.6) is 0 Å². The minimum absolute atomic E-state index is 0.177. The molecular weight excluding hydrogens is 188 g/mol. The van der Waals surface area contributed by atoms with E-state index in [1.165, 1.54) is 0 Å². The largest absolute Gasteiger partial charge is 0.481 e. The first-order valence-electron chi connectivity index (χ1n) is 4.17. The molecule has 3 heteroatoms. The summed E-state index contributed by atoms with van der Waals surface area (Å²) < 4.78 is 0. The van der Waals surface area contributed by atoms with Gasteiger partial charge in [0.1, 0.15) is 0 Å². The van der Waals surface area contributed by atoms with E-state index in [2.05, 4.69) is 0 Å². The van der Waals surface area contributed by atoms with Crippen LogP contribution in [-0.2, 0) is 4.79 Å². The fraction of sp³-hybridized carbons (Fsp3) is 0.300. The van der Waals surface area contributed by atoms with Crippen LogP contribution in [0.2, 0.25) is 5.02 Å². The van der Waals surface area contributed by atoms with Gasteiger partial charge in [-0.05, 0) is 30.0 Å². The van der Waals surface area contributed by atoms with Crippen molar-refractivity contribution in [2.24, 2.45) is 5.92 Å². The molecule has 1 aromatic carbocycles. The molecule has 0 bridgehead atoms. The Hall–Kier alpha value is -1.02. The molecule has 0 amide bonds. The number of carboxylic acid groups (broad SMARTS) is 1. The Morgan fingerprint density at radius 3 is 2.85 bits per heavy atom. The Morgan fingerprint density at radius 2 is 2.31 bits per heavy atom. The molecule has 0 heterocycles. The van der Waals surface area contributed by atoms with Crippen molar-refractivity contribution in [3.8, 4) is 0 Å². The molecule has 1 fully saturated rings. The van der Waals surface area contributed by atoms with Crippen LogP contribution in [0.4, 0.5) is 0 Å². The molecule has 13 heavy (non-hydrogen) atoms. The average Bonchev–Trinajstić information content (AvgIpc) is 2.82. The highest BCUT2D eigenvalue weighted by molar-refractivity contribution is 6.30. The molecule has 68 valence electrons. The lowest BCUT2D eigenvalue weighted by atomic mass is 10.1. The summed E-state index contributed by atoms with van der Waals surface area (Å²) >= 11 is 5.80. The van der Waals surface area contributed by atoms with E-state index < -0.39 is 5.97 Å². The second-order valence-electron chi connectivity index (χ2n) is 3.34. The standard InChI is InChI=1S/C10H9ClO2/c11-7-3-1-2-6(4-7)8-5-9(8)10(12)13/h1-4,8-9H,5H2,(H,12,13)/t8?,9-/m0/s1. The minimum Gasteiger partial charge on any atom is -0.481 e. The number of halogens is 1. The Bertz CT molecular complexity index is 349. The molecule has 0 spiro atoms. The van der Waals surface area contributed by atoms with Gasteiger partial charge >= 0.3 is 5.97 Å². The van der Waals surface area contributed by atoms with Crippen LogP contribution in [0.1, 0.15) is 17.9 Å². The van der Waals surface area contributed by atoms with E-state index >= 15 is 0 Å². The second-order valence-corrected chi connectivity index (χ2v) is 3.78. The Morgan fingerprint density at radius 1 is 1.54 bits per heavy atom. The van der Waals surface area contributed by atoms with Crippen molar-refractivity contribution in [1.82, 2.24) is 0 Å². The first-order valence-corrected chi connectivity index (χ1v) is 4.54. The maximum absolute atomic E-state index is 10.6. The molecule has 0 radical (unpaired) electrons. The van der Waals surface area contributed by atoms with Crippen LogP contribution in [-0.4, -0.2) is 11.1 Å². The second kappa shape index (κ2) is 3.04. The van der Waals surface area contributed by atoms with E-state index in [0.717, 1.165) is 12.0 Å². The number of rotatable bonds is 2. The number of hydrogen-bond donors (Lipinski definition) is 1. The molecule has 2 atom stereocenters. The molecule has 1 saturated carbocycles. The molecule has 2 nitrogen and oxygen atoms in total. The Labute approximate surface area is 81.1 Å². The van der Waals surface area contributed by atoms with Gasteiger partial charge in [0.15, 0.2) is 0 Å². The van der Waals surface area contributed by atoms with Gasteiger partial charge in [-0.1, -0.05) is 23.7 Å². The van der Waals surface area contributed by atoms with Gasteiger partial charge in [0.05, 0.1) is 5.92 Å². The molecule has 1 N–H and O–H groups in total. The summed E-state index contributed by atoms with van der Waals surface area (Å²) in [5.41, 5.74) is 1.04. The van der Waals surface area contributed by atoms with Crippen molar-refractivity contribution < 1.29 is 9.90 Å². The molecular formula is C10H9ClO2. The van der Waals surface area contributed by atoms with Crippen LogP contribution in [0.3, 0.4) is 0 Å². The molecule has 1 aromatic rings. The molecule has 1 aliphatic carbocycles. The van der Waals surface area contributed by atoms with Gasteiger partial charge in [-0.2, -0.15) is 0 Å². The topological polar surface area (TPSA) is 37.3 Å². The summed E-state index contributed by atoms with van der Waals surface area (Å²) in [6.45, 7) is 0. The summed E-state index contributed by atoms with van der Waals surface area (Å²) in [6.07, 6.45) is 0.746. The number of carboxylic acids is 1. The van der Waals surface area contributed by atoms with Gasteiger partial charge in [0.2, 0.25) is 0 Å². The lowest BCUT2D eigenvalue weighted by molar-refractivity contribution is -0.138. The lowest BCUT2D eigenvalue weighted by Crippen LogP contribution is -1.98. The lowest BCUT2D eigenvalue weighted by Gasteiger charge is -1.98. The van der Waals surface area contributed by atoms with Crippen molar-refractivity contribution >= 4 is 17.6 Å². The minimum atomic E-state index is -0.704. The maximum Gasteiger partial charge on any atom is 0.307 e. The fourth-order valence-electron chi connectivity index (χ4n) is 1.57. The van der Waals surface area contributed by atoms with Crippen molar-refractivity contribution in [3.05, 3.63) is 34.9 Å². The van der Waals surface area contributed by atoms with Crippen LogP contribution in [0, 0.1) is 5.92 Å². The molecule has 0 aromatic heterocycles. The van der Waals surface area contributed by atoms with Crippen LogP contribution < -0.4 is 0 Å². The quantitative estimate of drug-likeness (QED) is 0.789. The zero-order chi connectivity index (χ0) is 9.42. The van der Waals surface area contributed by atoms with Crippen LogP contribution >= 0.6 is 11.6 Å². The summed E-state index contributed by atoms with van der Waals surface area (Å²) in [4.78, 5) is 10.6. The van der Waals surface area contributed by atoms with E-state index in [4.69, 9.17) is 16.7 Å². The van der Waals surface area contributed by atoms with Crippen molar-refractivity contribution in [3.63, 3.8) is 0 Å². The first kappa shape index (κ1) is 8.57. The predicted octanol–water partition coefficient (Wildman–Crippen LogP) is 2.53. The van der Waals surface area contributed by atoms with Gasteiger partial charge in [0.25, 0.3) is 0 Å². The Kier molecular flexibility index (Phi) is 2.00. The molecule has 2 rings (SSSR count). The Balaban J connectivity index is 2.16. The van der Waals surface area contributed by atoms with Gasteiger partial charge in [-0.15, -0.1) is 0 Å². The summed E-state index contributed by atoms with van der Waals surface area (Å²) in [5, 5.41) is 9.40. The first-order chi connectivity index (χ1) is 6.18. The van der Waals surface area contributed by atoms with Crippen molar-refractivity contribution in [1.29, 1.82) is 0 Å². The van der Waals surface area contributed by atoms with E-state index in [1.54, 1.807) is 6.07 Å². The third kappa shape index (κ3) is 1.68. The fourth-order valence-corrected chi connectivity index (χ4v) is 1.77. The molecule has 1 unspecified atom stereocenters. The number of hydrogen-bond acceptors (Lipinski definition) is 1. The van der Waals surface area contributed by atoms with Gasteiger partial charge < -0.3 is 5.11 Å². The number of aliphatic carboxylic acids is 1. The van der Waals surface area contributed by atoms with E-state index in [-0.39, 0.29) is 11.8 Å². The van der Waals surface area contributed by atoms with Crippen molar-refractivity contribution in [2.75, 3.05) is 0 Å². The van der Waals surface area contributed by atoms with E-state index in [1.807, 2.05) is 18.2 Å². The normalized spacial score (nSPS) is 25.6. The van der Waals surface area contributed by atoms with E-state index in [0.29, 0.717) is 5.02 Å².